The van der Waals surface area contributed by atoms with E-state index in [4.69, 9.17) is 0 Å². The van der Waals surface area contributed by atoms with Gasteiger partial charge in [-0.2, -0.15) is 13.2 Å². The average Bonchev–Trinajstić information content (AvgIpc) is 2.54. The first-order valence-electron chi connectivity index (χ1n) is 7.02. The fourth-order valence-corrected chi connectivity index (χ4v) is 1.95. The Labute approximate surface area is 140 Å². The molecule has 0 aliphatic carbocycles. The van der Waals surface area contributed by atoms with Crippen molar-refractivity contribution in [3.05, 3.63) is 63.7 Å². The van der Waals surface area contributed by atoms with Gasteiger partial charge in [0.15, 0.2) is 6.61 Å². The van der Waals surface area contributed by atoms with Gasteiger partial charge in [0.2, 0.25) is 0 Å². The SMILES string of the molecule is Cc1ccc(NC(=O)c2cc(OCC(F)(F)F)ccc2[N+](=O)[O-])cc1. The predicted octanol–water partition coefficient (Wildman–Crippen LogP) is 4.10. The van der Waals surface area contributed by atoms with Gasteiger partial charge in [-0.15, -0.1) is 0 Å². The van der Waals surface area contributed by atoms with Crippen LogP contribution in [0, 0.1) is 17.0 Å². The Morgan fingerprint density at radius 1 is 1.20 bits per heavy atom. The van der Waals surface area contributed by atoms with Crippen molar-refractivity contribution in [2.75, 3.05) is 11.9 Å². The van der Waals surface area contributed by atoms with Crippen molar-refractivity contribution in [1.82, 2.24) is 0 Å². The molecule has 0 saturated carbocycles. The Bertz CT molecular complexity index is 789. The van der Waals surface area contributed by atoms with E-state index >= 15 is 0 Å². The van der Waals surface area contributed by atoms with Gasteiger partial charge >= 0.3 is 6.18 Å². The molecular formula is C16H13F3N2O4. The van der Waals surface area contributed by atoms with Gasteiger partial charge in [0, 0.05) is 11.8 Å². The molecule has 0 spiro atoms. The lowest BCUT2D eigenvalue weighted by Crippen LogP contribution is -2.20. The van der Waals surface area contributed by atoms with Crippen molar-refractivity contribution < 1.29 is 27.6 Å². The highest BCUT2D eigenvalue weighted by molar-refractivity contribution is 6.07. The van der Waals surface area contributed by atoms with Crippen LogP contribution >= 0.6 is 0 Å². The number of amides is 1. The Balaban J connectivity index is 2.27. The van der Waals surface area contributed by atoms with Crippen LogP contribution in [-0.4, -0.2) is 23.6 Å². The van der Waals surface area contributed by atoms with Gasteiger partial charge in [0.1, 0.15) is 11.3 Å². The molecule has 0 aliphatic rings. The Kier molecular flexibility index (Phi) is 5.26. The summed E-state index contributed by atoms with van der Waals surface area (Å²) in [7, 11) is 0. The third kappa shape index (κ3) is 5.20. The lowest BCUT2D eigenvalue weighted by molar-refractivity contribution is -0.385. The first-order valence-corrected chi connectivity index (χ1v) is 7.02. The first-order chi connectivity index (χ1) is 11.7. The molecule has 1 amide bonds. The molecule has 2 aromatic carbocycles. The lowest BCUT2D eigenvalue weighted by Gasteiger charge is -2.11. The molecule has 0 saturated heterocycles. The van der Waals surface area contributed by atoms with Gasteiger partial charge in [-0.25, -0.2) is 0 Å². The van der Waals surface area contributed by atoms with Crippen LogP contribution in [0.2, 0.25) is 0 Å². The van der Waals surface area contributed by atoms with E-state index in [1.807, 2.05) is 6.92 Å². The van der Waals surface area contributed by atoms with Gasteiger partial charge in [0.25, 0.3) is 11.6 Å². The molecule has 0 heterocycles. The highest BCUT2D eigenvalue weighted by Crippen LogP contribution is 2.26. The Morgan fingerprint density at radius 3 is 2.40 bits per heavy atom. The number of hydrogen-bond donors (Lipinski definition) is 1. The summed E-state index contributed by atoms with van der Waals surface area (Å²) in [6.45, 7) is 0.280. The monoisotopic (exact) mass is 354 g/mol. The normalized spacial score (nSPS) is 11.0. The average molecular weight is 354 g/mol. The summed E-state index contributed by atoms with van der Waals surface area (Å²) in [6.07, 6.45) is -4.56. The fourth-order valence-electron chi connectivity index (χ4n) is 1.95. The molecule has 1 N–H and O–H groups in total. The number of rotatable bonds is 5. The number of alkyl halides is 3. The van der Waals surface area contributed by atoms with E-state index in [-0.39, 0.29) is 5.75 Å². The van der Waals surface area contributed by atoms with E-state index in [9.17, 15) is 28.1 Å². The van der Waals surface area contributed by atoms with Gasteiger partial charge < -0.3 is 10.1 Å². The number of nitro groups is 1. The largest absolute Gasteiger partial charge is 0.484 e. The second-order valence-electron chi connectivity index (χ2n) is 5.16. The molecule has 0 atom stereocenters. The molecule has 2 aromatic rings. The molecule has 6 nitrogen and oxygen atoms in total. The predicted molar refractivity (Wildman–Crippen MR) is 83.8 cm³/mol. The fraction of sp³-hybridized carbons (Fsp3) is 0.188. The minimum atomic E-state index is -4.56. The number of aryl methyl sites for hydroxylation is 1. The summed E-state index contributed by atoms with van der Waals surface area (Å²) in [5.74, 6) is -1.12. The molecule has 25 heavy (non-hydrogen) atoms. The molecule has 2 rings (SSSR count). The zero-order chi connectivity index (χ0) is 18.6. The number of nitrogens with one attached hydrogen (secondary N) is 1. The van der Waals surface area contributed by atoms with Crippen molar-refractivity contribution in [3.8, 4) is 5.75 Å². The molecule has 0 aromatic heterocycles. The van der Waals surface area contributed by atoms with Crippen molar-refractivity contribution >= 4 is 17.3 Å². The van der Waals surface area contributed by atoms with Crippen LogP contribution < -0.4 is 10.1 Å². The maximum Gasteiger partial charge on any atom is 0.422 e. The van der Waals surface area contributed by atoms with E-state index in [1.54, 1.807) is 24.3 Å². The number of hydrogen-bond acceptors (Lipinski definition) is 4. The van der Waals surface area contributed by atoms with Crippen molar-refractivity contribution in [2.45, 2.75) is 13.1 Å². The van der Waals surface area contributed by atoms with Gasteiger partial charge in [-0.1, -0.05) is 17.7 Å². The van der Waals surface area contributed by atoms with Crippen LogP contribution in [0.15, 0.2) is 42.5 Å². The number of halogens is 3. The molecule has 0 bridgehead atoms. The van der Waals surface area contributed by atoms with E-state index in [0.717, 1.165) is 23.8 Å². The van der Waals surface area contributed by atoms with Gasteiger partial charge in [-0.3, -0.25) is 14.9 Å². The summed E-state index contributed by atoms with van der Waals surface area (Å²) in [5.41, 5.74) is 0.409. The summed E-state index contributed by atoms with van der Waals surface area (Å²) in [6, 6.07) is 9.50. The van der Waals surface area contributed by atoms with E-state index in [0.29, 0.717) is 5.69 Å². The van der Waals surface area contributed by atoms with Crippen LogP contribution in [0.5, 0.6) is 5.75 Å². The summed E-state index contributed by atoms with van der Waals surface area (Å²) < 4.78 is 41.2. The van der Waals surface area contributed by atoms with Crippen molar-refractivity contribution in [1.29, 1.82) is 0 Å². The summed E-state index contributed by atoms with van der Waals surface area (Å²) >= 11 is 0. The molecule has 0 radical (unpaired) electrons. The Morgan fingerprint density at radius 2 is 1.84 bits per heavy atom. The van der Waals surface area contributed by atoms with E-state index < -0.39 is 34.9 Å². The second kappa shape index (κ2) is 7.20. The van der Waals surface area contributed by atoms with E-state index in [1.165, 1.54) is 0 Å². The van der Waals surface area contributed by atoms with Gasteiger partial charge in [-0.05, 0) is 31.2 Å². The van der Waals surface area contributed by atoms with Crippen molar-refractivity contribution in [2.24, 2.45) is 0 Å². The number of carbonyl (C=O) groups excluding carboxylic acids is 1. The Hall–Kier alpha value is -3.10. The first kappa shape index (κ1) is 18.2. The standard InChI is InChI=1S/C16H13F3N2O4/c1-10-2-4-11(5-3-10)20-15(22)13-8-12(25-9-16(17,18)19)6-7-14(13)21(23)24/h2-8H,9H2,1H3,(H,20,22). The number of carbonyl (C=O) groups is 1. The molecule has 132 valence electrons. The molecule has 9 heteroatoms. The van der Waals surface area contributed by atoms with Crippen LogP contribution in [-0.2, 0) is 0 Å². The van der Waals surface area contributed by atoms with Gasteiger partial charge in [0.05, 0.1) is 4.92 Å². The highest BCUT2D eigenvalue weighted by Gasteiger charge is 2.29. The zero-order valence-corrected chi connectivity index (χ0v) is 13.0. The third-order valence-electron chi connectivity index (χ3n) is 3.12. The topological polar surface area (TPSA) is 81.5 Å². The maximum atomic E-state index is 12.3. The quantitative estimate of drug-likeness (QED) is 0.647. The number of nitrogens with zero attached hydrogens (tertiary/aromatic N) is 1. The zero-order valence-electron chi connectivity index (χ0n) is 13.0. The lowest BCUT2D eigenvalue weighted by atomic mass is 10.1. The smallest absolute Gasteiger partial charge is 0.422 e. The second-order valence-corrected chi connectivity index (χ2v) is 5.16. The van der Waals surface area contributed by atoms with Crippen LogP contribution in [0.3, 0.4) is 0 Å². The van der Waals surface area contributed by atoms with Crippen LogP contribution in [0.25, 0.3) is 0 Å². The minimum Gasteiger partial charge on any atom is -0.484 e. The van der Waals surface area contributed by atoms with Crippen molar-refractivity contribution in [3.63, 3.8) is 0 Å². The summed E-state index contributed by atoms with van der Waals surface area (Å²) in [4.78, 5) is 22.5. The molecule has 0 fully saturated rings. The molecule has 0 aliphatic heterocycles. The number of ether oxygens (including phenoxy) is 1. The summed E-state index contributed by atoms with van der Waals surface area (Å²) in [5, 5.41) is 13.5. The molecular weight excluding hydrogens is 341 g/mol. The van der Waals surface area contributed by atoms with E-state index in [2.05, 4.69) is 10.1 Å². The number of nitro benzene ring substituents is 1. The number of benzene rings is 2. The molecule has 0 unspecified atom stereocenters. The highest BCUT2D eigenvalue weighted by atomic mass is 19.4. The number of anilines is 1. The minimum absolute atomic E-state index is 0.294. The van der Waals surface area contributed by atoms with Crippen LogP contribution in [0.1, 0.15) is 15.9 Å². The maximum absolute atomic E-state index is 12.3. The van der Waals surface area contributed by atoms with Crippen LogP contribution in [0.4, 0.5) is 24.5 Å². The third-order valence-corrected chi connectivity index (χ3v) is 3.12.